The first-order valence-electron chi connectivity index (χ1n) is 8.00. The van der Waals surface area contributed by atoms with Crippen molar-refractivity contribution in [2.75, 3.05) is 18.4 Å². The van der Waals surface area contributed by atoms with Crippen molar-refractivity contribution in [3.8, 4) is 0 Å². The molecule has 0 spiro atoms. The molecule has 2 aliphatic rings. The van der Waals surface area contributed by atoms with Crippen molar-refractivity contribution < 1.29 is 4.74 Å². The van der Waals surface area contributed by atoms with E-state index in [2.05, 4.69) is 41.8 Å². The Kier molecular flexibility index (Phi) is 4.58. The molecule has 2 saturated heterocycles. The minimum absolute atomic E-state index is 0.532. The molecule has 0 radical (unpaired) electrons. The minimum Gasteiger partial charge on any atom is -0.385 e. The number of ether oxygens (including phenoxy) is 1. The van der Waals surface area contributed by atoms with Crippen LogP contribution in [0.3, 0.4) is 0 Å². The van der Waals surface area contributed by atoms with Crippen molar-refractivity contribution in [3.63, 3.8) is 0 Å². The standard InChI is InChI=1S/C17H26N2O/c1-13(16-12-15-8-9-17(16)20-15)18-10-5-11-19-14-6-3-2-4-7-14/h2-4,6-7,13,15-19H,5,8-12H2,1H3. The largest absolute Gasteiger partial charge is 0.385 e. The van der Waals surface area contributed by atoms with Gasteiger partial charge in [-0.15, -0.1) is 0 Å². The van der Waals surface area contributed by atoms with Crippen LogP contribution in [0.1, 0.15) is 32.6 Å². The van der Waals surface area contributed by atoms with E-state index in [0.29, 0.717) is 18.2 Å². The number of rotatable bonds is 7. The van der Waals surface area contributed by atoms with Crippen LogP contribution in [-0.2, 0) is 4.74 Å². The molecule has 0 aromatic heterocycles. The van der Waals surface area contributed by atoms with Crippen molar-refractivity contribution in [1.29, 1.82) is 0 Å². The third kappa shape index (κ3) is 3.33. The van der Waals surface area contributed by atoms with E-state index in [9.17, 15) is 0 Å². The molecule has 2 fully saturated rings. The van der Waals surface area contributed by atoms with Gasteiger partial charge in [0.2, 0.25) is 0 Å². The van der Waals surface area contributed by atoms with Crippen LogP contribution in [0.25, 0.3) is 0 Å². The highest BCUT2D eigenvalue weighted by Crippen LogP contribution is 2.40. The predicted octanol–water partition coefficient (Wildman–Crippen LogP) is 3.03. The van der Waals surface area contributed by atoms with Crippen LogP contribution in [0, 0.1) is 5.92 Å². The molecule has 2 aliphatic heterocycles. The topological polar surface area (TPSA) is 33.3 Å². The van der Waals surface area contributed by atoms with Crippen molar-refractivity contribution in [3.05, 3.63) is 30.3 Å². The number of hydrogen-bond acceptors (Lipinski definition) is 3. The Morgan fingerprint density at radius 2 is 2.05 bits per heavy atom. The maximum absolute atomic E-state index is 5.94. The summed E-state index contributed by atoms with van der Waals surface area (Å²) in [6.45, 7) is 4.42. The summed E-state index contributed by atoms with van der Waals surface area (Å²) in [6.07, 6.45) is 6.08. The number of anilines is 1. The van der Waals surface area contributed by atoms with Gasteiger partial charge >= 0.3 is 0 Å². The lowest BCUT2D eigenvalue weighted by Crippen LogP contribution is -2.39. The van der Waals surface area contributed by atoms with E-state index < -0.39 is 0 Å². The van der Waals surface area contributed by atoms with Crippen molar-refractivity contribution in [2.45, 2.75) is 50.9 Å². The maximum atomic E-state index is 5.94. The van der Waals surface area contributed by atoms with E-state index >= 15 is 0 Å². The van der Waals surface area contributed by atoms with Gasteiger partial charge in [-0.2, -0.15) is 0 Å². The first-order valence-corrected chi connectivity index (χ1v) is 8.00. The molecule has 3 nitrogen and oxygen atoms in total. The van der Waals surface area contributed by atoms with E-state index in [1.807, 2.05) is 6.07 Å². The van der Waals surface area contributed by atoms with Gasteiger partial charge in [-0.3, -0.25) is 0 Å². The second kappa shape index (κ2) is 6.59. The van der Waals surface area contributed by atoms with Crippen molar-refractivity contribution >= 4 is 5.69 Å². The molecule has 3 heteroatoms. The molecule has 3 rings (SSSR count). The van der Waals surface area contributed by atoms with Gasteiger partial charge in [-0.05, 0) is 51.3 Å². The van der Waals surface area contributed by atoms with Crippen LogP contribution >= 0.6 is 0 Å². The van der Waals surface area contributed by atoms with E-state index in [0.717, 1.165) is 25.4 Å². The first-order chi connectivity index (χ1) is 9.83. The fourth-order valence-electron chi connectivity index (χ4n) is 3.56. The van der Waals surface area contributed by atoms with Crippen LogP contribution in [-0.4, -0.2) is 31.3 Å². The molecule has 2 heterocycles. The zero-order chi connectivity index (χ0) is 13.8. The van der Waals surface area contributed by atoms with Gasteiger partial charge in [-0.25, -0.2) is 0 Å². The van der Waals surface area contributed by atoms with Crippen LogP contribution < -0.4 is 10.6 Å². The normalized spacial score (nSPS) is 29.6. The number of hydrogen-bond donors (Lipinski definition) is 2. The number of nitrogens with one attached hydrogen (secondary N) is 2. The SMILES string of the molecule is CC(NCCCNc1ccccc1)C1CC2CCC1O2. The van der Waals surface area contributed by atoms with Gasteiger partial charge in [0.05, 0.1) is 12.2 Å². The third-order valence-corrected chi connectivity index (χ3v) is 4.72. The predicted molar refractivity (Wildman–Crippen MR) is 83.0 cm³/mol. The van der Waals surface area contributed by atoms with Gasteiger partial charge in [-0.1, -0.05) is 18.2 Å². The fourth-order valence-corrected chi connectivity index (χ4v) is 3.56. The van der Waals surface area contributed by atoms with E-state index in [-0.39, 0.29) is 0 Å². The maximum Gasteiger partial charge on any atom is 0.0623 e. The van der Waals surface area contributed by atoms with E-state index in [4.69, 9.17) is 4.74 Å². The van der Waals surface area contributed by atoms with Crippen LogP contribution in [0.5, 0.6) is 0 Å². The number of fused-ring (bicyclic) bond motifs is 2. The van der Waals surface area contributed by atoms with Gasteiger partial charge in [0.15, 0.2) is 0 Å². The average Bonchev–Trinajstić information content (AvgIpc) is 3.10. The Labute approximate surface area is 122 Å². The summed E-state index contributed by atoms with van der Waals surface area (Å²) in [5.74, 6) is 0.732. The molecule has 0 amide bonds. The highest BCUT2D eigenvalue weighted by Gasteiger charge is 2.42. The lowest BCUT2D eigenvalue weighted by molar-refractivity contribution is 0.0871. The molecule has 4 unspecified atom stereocenters. The summed E-state index contributed by atoms with van der Waals surface area (Å²) in [5, 5.41) is 7.13. The molecule has 1 aromatic carbocycles. The van der Waals surface area contributed by atoms with Crippen molar-refractivity contribution in [2.24, 2.45) is 5.92 Å². The van der Waals surface area contributed by atoms with E-state index in [1.165, 1.54) is 24.9 Å². The molecule has 2 bridgehead atoms. The van der Waals surface area contributed by atoms with Crippen LogP contribution in [0.15, 0.2) is 30.3 Å². The number of para-hydroxylation sites is 1. The average molecular weight is 274 g/mol. The van der Waals surface area contributed by atoms with Gasteiger partial charge < -0.3 is 15.4 Å². The smallest absolute Gasteiger partial charge is 0.0623 e. The third-order valence-electron chi connectivity index (χ3n) is 4.72. The quantitative estimate of drug-likeness (QED) is 0.750. The molecule has 1 aromatic rings. The Bertz CT molecular complexity index is 409. The number of benzene rings is 1. The molecular formula is C17H26N2O. The summed E-state index contributed by atoms with van der Waals surface area (Å²) >= 11 is 0. The Hall–Kier alpha value is -1.06. The van der Waals surface area contributed by atoms with Crippen molar-refractivity contribution in [1.82, 2.24) is 5.32 Å². The van der Waals surface area contributed by atoms with Gasteiger partial charge in [0, 0.05) is 24.2 Å². The van der Waals surface area contributed by atoms with Gasteiger partial charge in [0.25, 0.3) is 0 Å². The van der Waals surface area contributed by atoms with E-state index in [1.54, 1.807) is 0 Å². The Morgan fingerprint density at radius 1 is 1.20 bits per heavy atom. The second-order valence-corrected chi connectivity index (χ2v) is 6.16. The fraction of sp³-hybridized carbons (Fsp3) is 0.647. The summed E-state index contributed by atoms with van der Waals surface area (Å²) in [4.78, 5) is 0. The zero-order valence-electron chi connectivity index (χ0n) is 12.3. The zero-order valence-corrected chi connectivity index (χ0v) is 12.3. The minimum atomic E-state index is 0.532. The lowest BCUT2D eigenvalue weighted by atomic mass is 9.84. The summed E-state index contributed by atoms with van der Waals surface area (Å²) < 4.78 is 5.94. The molecule has 0 aliphatic carbocycles. The molecule has 4 atom stereocenters. The first kappa shape index (κ1) is 13.9. The summed E-state index contributed by atoms with van der Waals surface area (Å²) in [5.41, 5.74) is 1.21. The Balaban J connectivity index is 1.30. The lowest BCUT2D eigenvalue weighted by Gasteiger charge is -2.26. The monoisotopic (exact) mass is 274 g/mol. The molecule has 110 valence electrons. The second-order valence-electron chi connectivity index (χ2n) is 6.16. The highest BCUT2D eigenvalue weighted by molar-refractivity contribution is 5.42. The van der Waals surface area contributed by atoms with Gasteiger partial charge in [0.1, 0.15) is 0 Å². The molecule has 20 heavy (non-hydrogen) atoms. The summed E-state index contributed by atoms with van der Waals surface area (Å²) in [7, 11) is 0. The van der Waals surface area contributed by atoms with Crippen LogP contribution in [0.2, 0.25) is 0 Å². The summed E-state index contributed by atoms with van der Waals surface area (Å²) in [6, 6.07) is 11.0. The molecule has 2 N–H and O–H groups in total. The Morgan fingerprint density at radius 3 is 2.75 bits per heavy atom. The molecule has 0 saturated carbocycles. The van der Waals surface area contributed by atoms with Crippen LogP contribution in [0.4, 0.5) is 5.69 Å². The highest BCUT2D eigenvalue weighted by atomic mass is 16.5. The molecular weight excluding hydrogens is 248 g/mol.